The molecule has 0 atom stereocenters. The van der Waals surface area contributed by atoms with Gasteiger partial charge in [-0.3, -0.25) is 4.31 Å². The van der Waals surface area contributed by atoms with Crippen LogP contribution in [-0.2, 0) is 6.54 Å². The zero-order valence-electron chi connectivity index (χ0n) is 17.2. The van der Waals surface area contributed by atoms with Gasteiger partial charge in [0, 0.05) is 61.5 Å². The van der Waals surface area contributed by atoms with Gasteiger partial charge in [0.2, 0.25) is 0 Å². The van der Waals surface area contributed by atoms with E-state index < -0.39 is 6.43 Å². The summed E-state index contributed by atoms with van der Waals surface area (Å²) in [7, 11) is 2.11. The number of anilines is 1. The van der Waals surface area contributed by atoms with Crippen LogP contribution >= 0.6 is 12.1 Å². The van der Waals surface area contributed by atoms with Crippen molar-refractivity contribution in [2.24, 2.45) is 10.2 Å². The van der Waals surface area contributed by atoms with Crippen LogP contribution in [0.5, 0.6) is 0 Å². The molecule has 1 saturated heterocycles. The SMILES string of the molecule is CN1CCN(SN(Cc2ccc(C3=NN=C(C(F)F)C3)cc2F)c2ccccc2)CC1. The maximum absolute atomic E-state index is 15.0. The molecule has 2 aromatic carbocycles. The molecule has 31 heavy (non-hydrogen) atoms. The first kappa shape index (κ1) is 21.9. The van der Waals surface area contributed by atoms with E-state index in [4.69, 9.17) is 0 Å². The third kappa shape index (κ3) is 5.47. The smallest absolute Gasteiger partial charge is 0.278 e. The normalized spacial score (nSPS) is 17.7. The molecular formula is C22H24F3N5S. The summed E-state index contributed by atoms with van der Waals surface area (Å²) in [6, 6.07) is 14.7. The predicted molar refractivity (Wildman–Crippen MR) is 120 cm³/mol. The molecule has 0 aliphatic carbocycles. The first-order valence-corrected chi connectivity index (χ1v) is 10.9. The number of para-hydroxylation sites is 1. The van der Waals surface area contributed by atoms with Crippen molar-refractivity contribution in [2.75, 3.05) is 37.5 Å². The van der Waals surface area contributed by atoms with Crippen LogP contribution in [0.2, 0.25) is 0 Å². The summed E-state index contributed by atoms with van der Waals surface area (Å²) < 4.78 is 44.9. The zero-order valence-corrected chi connectivity index (χ0v) is 18.0. The van der Waals surface area contributed by atoms with E-state index in [0.29, 0.717) is 23.4 Å². The van der Waals surface area contributed by atoms with Crippen molar-refractivity contribution >= 4 is 29.2 Å². The molecule has 0 unspecified atom stereocenters. The molecule has 4 rings (SSSR count). The average Bonchev–Trinajstić information content (AvgIpc) is 3.27. The van der Waals surface area contributed by atoms with Crippen molar-refractivity contribution in [3.05, 3.63) is 65.5 Å². The van der Waals surface area contributed by atoms with Crippen molar-refractivity contribution in [2.45, 2.75) is 19.4 Å². The maximum atomic E-state index is 15.0. The molecule has 0 spiro atoms. The first-order chi connectivity index (χ1) is 15.0. The van der Waals surface area contributed by atoms with E-state index >= 15 is 0 Å². The number of nitrogens with zero attached hydrogens (tertiary/aromatic N) is 5. The standard InChI is InChI=1S/C22H24F3N5S/c1-28-9-11-29(12-10-28)31-30(18-5-3-2-4-6-18)15-17-8-7-16(13-19(17)23)20-14-21(22(24)25)27-26-20/h2-8,13,22H,9-12,14-15H2,1H3. The lowest BCUT2D eigenvalue weighted by atomic mass is 10.0. The van der Waals surface area contributed by atoms with Crippen LogP contribution in [0.15, 0.2) is 58.7 Å². The topological polar surface area (TPSA) is 34.4 Å². The minimum atomic E-state index is -2.64. The molecule has 0 radical (unpaired) electrons. The molecule has 9 heteroatoms. The number of likely N-dealkylation sites (N-methyl/N-ethyl adjacent to an activating group) is 1. The zero-order chi connectivity index (χ0) is 21.8. The number of benzene rings is 2. The number of hydrogen-bond acceptors (Lipinski definition) is 6. The fourth-order valence-corrected chi connectivity index (χ4v) is 4.45. The molecule has 0 N–H and O–H groups in total. The summed E-state index contributed by atoms with van der Waals surface area (Å²) >= 11 is 1.61. The third-order valence-corrected chi connectivity index (χ3v) is 6.45. The Labute approximate surface area is 184 Å². The monoisotopic (exact) mass is 447 g/mol. The van der Waals surface area contributed by atoms with Crippen LogP contribution < -0.4 is 4.31 Å². The molecule has 164 valence electrons. The van der Waals surface area contributed by atoms with Gasteiger partial charge in [0.1, 0.15) is 11.5 Å². The second-order valence-corrected chi connectivity index (χ2v) is 8.73. The molecule has 0 bridgehead atoms. The average molecular weight is 448 g/mol. The van der Waals surface area contributed by atoms with Gasteiger partial charge in [0.25, 0.3) is 6.43 Å². The number of rotatable bonds is 7. The van der Waals surface area contributed by atoms with Gasteiger partial charge in [-0.25, -0.2) is 17.5 Å². The van der Waals surface area contributed by atoms with Gasteiger partial charge in [-0.15, -0.1) is 0 Å². The minimum Gasteiger partial charge on any atom is -0.304 e. The summed E-state index contributed by atoms with van der Waals surface area (Å²) in [6.45, 7) is 4.21. The van der Waals surface area contributed by atoms with Crippen molar-refractivity contribution < 1.29 is 13.2 Å². The quantitative estimate of drug-likeness (QED) is 0.587. The Morgan fingerprint density at radius 3 is 2.42 bits per heavy atom. The van der Waals surface area contributed by atoms with E-state index in [1.54, 1.807) is 24.3 Å². The van der Waals surface area contributed by atoms with Crippen molar-refractivity contribution in [1.29, 1.82) is 0 Å². The summed E-state index contributed by atoms with van der Waals surface area (Å²) in [5.41, 5.74) is 2.09. The van der Waals surface area contributed by atoms with Gasteiger partial charge in [0.15, 0.2) is 0 Å². The molecule has 0 amide bonds. The lowest BCUT2D eigenvalue weighted by Crippen LogP contribution is -2.42. The van der Waals surface area contributed by atoms with E-state index in [0.717, 1.165) is 31.9 Å². The van der Waals surface area contributed by atoms with Gasteiger partial charge < -0.3 is 4.90 Å². The molecular weight excluding hydrogens is 423 g/mol. The van der Waals surface area contributed by atoms with E-state index in [-0.39, 0.29) is 17.9 Å². The summed E-state index contributed by atoms with van der Waals surface area (Å²) in [6.07, 6.45) is -2.69. The van der Waals surface area contributed by atoms with Crippen LogP contribution in [0.3, 0.4) is 0 Å². The van der Waals surface area contributed by atoms with Crippen molar-refractivity contribution in [1.82, 2.24) is 9.21 Å². The lowest BCUT2D eigenvalue weighted by molar-refractivity contribution is 0.224. The highest BCUT2D eigenvalue weighted by Crippen LogP contribution is 2.29. The fraction of sp³-hybridized carbons (Fsp3) is 0.364. The molecule has 2 aliphatic rings. The van der Waals surface area contributed by atoms with Crippen molar-refractivity contribution in [3.63, 3.8) is 0 Å². The van der Waals surface area contributed by atoms with Crippen LogP contribution in [0.1, 0.15) is 17.5 Å². The van der Waals surface area contributed by atoms with Gasteiger partial charge in [-0.2, -0.15) is 10.2 Å². The van der Waals surface area contributed by atoms with Crippen LogP contribution in [0, 0.1) is 5.82 Å². The second-order valence-electron chi connectivity index (χ2n) is 7.61. The highest BCUT2D eigenvalue weighted by Gasteiger charge is 2.23. The Kier molecular flexibility index (Phi) is 6.94. The molecule has 5 nitrogen and oxygen atoms in total. The number of alkyl halides is 2. The largest absolute Gasteiger partial charge is 0.304 e. The summed E-state index contributed by atoms with van der Waals surface area (Å²) in [5, 5.41) is 7.32. The third-order valence-electron chi connectivity index (χ3n) is 5.32. The van der Waals surface area contributed by atoms with Crippen LogP contribution in [-0.4, -0.2) is 60.3 Å². The highest BCUT2D eigenvalue weighted by molar-refractivity contribution is 7.98. The molecule has 0 aromatic heterocycles. The van der Waals surface area contributed by atoms with Gasteiger partial charge in [0.05, 0.1) is 12.3 Å². The first-order valence-electron chi connectivity index (χ1n) is 10.1. The van der Waals surface area contributed by atoms with Crippen molar-refractivity contribution in [3.8, 4) is 0 Å². The molecule has 2 aliphatic heterocycles. The predicted octanol–water partition coefficient (Wildman–Crippen LogP) is 4.46. The fourth-order valence-electron chi connectivity index (χ4n) is 3.43. The molecule has 1 fully saturated rings. The Hall–Kier alpha value is -2.36. The number of halogens is 3. The van der Waals surface area contributed by atoms with E-state index in [9.17, 15) is 13.2 Å². The Balaban J connectivity index is 1.49. The van der Waals surface area contributed by atoms with Gasteiger partial charge in [-0.05, 0) is 25.2 Å². The van der Waals surface area contributed by atoms with E-state index in [1.807, 2.05) is 30.3 Å². The van der Waals surface area contributed by atoms with Gasteiger partial charge >= 0.3 is 0 Å². The summed E-state index contributed by atoms with van der Waals surface area (Å²) in [4.78, 5) is 2.29. The lowest BCUT2D eigenvalue weighted by Gasteiger charge is -2.35. The van der Waals surface area contributed by atoms with Gasteiger partial charge in [-0.1, -0.05) is 30.3 Å². The van der Waals surface area contributed by atoms with Crippen LogP contribution in [0.25, 0.3) is 0 Å². The van der Waals surface area contributed by atoms with E-state index in [1.165, 1.54) is 6.07 Å². The Morgan fingerprint density at radius 1 is 1.03 bits per heavy atom. The highest BCUT2D eigenvalue weighted by atomic mass is 32.2. The van der Waals surface area contributed by atoms with Crippen LogP contribution in [0.4, 0.5) is 18.9 Å². The van der Waals surface area contributed by atoms with E-state index in [2.05, 4.69) is 30.8 Å². The molecule has 2 heterocycles. The molecule has 2 aromatic rings. The minimum absolute atomic E-state index is 0.0498. The maximum Gasteiger partial charge on any atom is 0.278 e. The number of hydrogen-bond donors (Lipinski definition) is 0. The summed E-state index contributed by atoms with van der Waals surface area (Å²) in [5.74, 6) is -0.384. The molecule has 0 saturated carbocycles. The second kappa shape index (κ2) is 9.84. The Morgan fingerprint density at radius 2 is 1.77 bits per heavy atom. The Bertz CT molecular complexity index is 959. The number of piperazine rings is 1.